The van der Waals surface area contributed by atoms with E-state index in [0.29, 0.717) is 6.54 Å². The fourth-order valence-corrected chi connectivity index (χ4v) is 3.14. The van der Waals surface area contributed by atoms with Crippen LogP contribution in [0, 0.1) is 0 Å². The van der Waals surface area contributed by atoms with Crippen molar-refractivity contribution >= 4 is 28.5 Å². The summed E-state index contributed by atoms with van der Waals surface area (Å²) in [7, 11) is 1.44. The summed E-state index contributed by atoms with van der Waals surface area (Å²) in [6.45, 7) is 5.80. The first-order valence-corrected chi connectivity index (χ1v) is 10.2. The van der Waals surface area contributed by atoms with Crippen molar-refractivity contribution in [3.8, 4) is 0 Å². The van der Waals surface area contributed by atoms with Crippen LogP contribution < -0.4 is 21.7 Å². The van der Waals surface area contributed by atoms with Crippen LogP contribution in [0.25, 0.3) is 10.8 Å². The number of fused-ring (bicyclic) bond motifs is 1. The van der Waals surface area contributed by atoms with Crippen molar-refractivity contribution in [2.45, 2.75) is 51.4 Å². The van der Waals surface area contributed by atoms with E-state index in [0.717, 1.165) is 16.3 Å². The van der Waals surface area contributed by atoms with Crippen LogP contribution in [-0.4, -0.2) is 49.1 Å². The molecule has 8 nitrogen and oxygen atoms in total. The highest BCUT2D eigenvalue weighted by atomic mass is 16.5. The molecule has 8 heteroatoms. The number of carbonyl (C=O) groups is 3. The van der Waals surface area contributed by atoms with Crippen LogP contribution in [0.5, 0.6) is 0 Å². The summed E-state index contributed by atoms with van der Waals surface area (Å²) >= 11 is 0. The maximum Gasteiger partial charge on any atom is 0.245 e. The third kappa shape index (κ3) is 7.66. The van der Waals surface area contributed by atoms with E-state index in [2.05, 4.69) is 16.0 Å². The van der Waals surface area contributed by atoms with Crippen molar-refractivity contribution < 1.29 is 19.1 Å². The summed E-state index contributed by atoms with van der Waals surface area (Å²) in [6, 6.07) is 11.8. The Bertz CT molecular complexity index is 918. The molecule has 0 saturated heterocycles. The van der Waals surface area contributed by atoms with Crippen molar-refractivity contribution in [1.29, 1.82) is 0 Å². The van der Waals surface area contributed by atoms with E-state index in [1.54, 1.807) is 0 Å². The molecule has 0 aromatic heterocycles. The molecule has 0 aliphatic carbocycles. The molecule has 168 valence electrons. The van der Waals surface area contributed by atoms with E-state index in [1.807, 2.05) is 63.2 Å². The molecule has 0 aliphatic heterocycles. The van der Waals surface area contributed by atoms with E-state index in [4.69, 9.17) is 10.5 Å². The van der Waals surface area contributed by atoms with Gasteiger partial charge in [-0.1, -0.05) is 42.5 Å². The topological polar surface area (TPSA) is 123 Å². The molecular formula is C23H32N4O4. The monoisotopic (exact) mass is 428 g/mol. The van der Waals surface area contributed by atoms with Gasteiger partial charge in [0.15, 0.2) is 0 Å². The third-order valence-electron chi connectivity index (χ3n) is 4.56. The number of benzene rings is 2. The zero-order valence-corrected chi connectivity index (χ0v) is 18.5. The molecule has 31 heavy (non-hydrogen) atoms. The van der Waals surface area contributed by atoms with Crippen LogP contribution in [0.15, 0.2) is 42.5 Å². The molecule has 3 amide bonds. The smallest absolute Gasteiger partial charge is 0.245 e. The van der Waals surface area contributed by atoms with Crippen LogP contribution in [0.4, 0.5) is 0 Å². The first kappa shape index (κ1) is 24.3. The van der Waals surface area contributed by atoms with Crippen LogP contribution in [-0.2, 0) is 25.7 Å². The van der Waals surface area contributed by atoms with E-state index in [9.17, 15) is 14.4 Å². The minimum atomic E-state index is -1.08. The zero-order chi connectivity index (χ0) is 23.0. The van der Waals surface area contributed by atoms with E-state index < -0.39 is 29.4 Å². The van der Waals surface area contributed by atoms with Crippen molar-refractivity contribution in [3.63, 3.8) is 0 Å². The lowest BCUT2D eigenvalue weighted by molar-refractivity contribution is -0.132. The normalized spacial score (nSPS) is 13.3. The average molecular weight is 429 g/mol. The van der Waals surface area contributed by atoms with Gasteiger partial charge in [0.2, 0.25) is 17.7 Å². The number of ether oxygens (including phenoxy) is 1. The lowest BCUT2D eigenvalue weighted by atomic mass is 10.0. The van der Waals surface area contributed by atoms with Gasteiger partial charge in [0.1, 0.15) is 6.04 Å². The Hall–Kier alpha value is -2.97. The highest BCUT2D eigenvalue weighted by Crippen LogP contribution is 2.18. The van der Waals surface area contributed by atoms with Gasteiger partial charge in [-0.3, -0.25) is 14.4 Å². The Balaban J connectivity index is 1.96. The van der Waals surface area contributed by atoms with Gasteiger partial charge in [-0.2, -0.15) is 0 Å². The largest absolute Gasteiger partial charge is 0.382 e. The molecule has 0 unspecified atom stereocenters. The van der Waals surface area contributed by atoms with Gasteiger partial charge in [0.25, 0.3) is 0 Å². The predicted octanol–water partition coefficient (Wildman–Crippen LogP) is 1.22. The molecule has 2 aromatic rings. The van der Waals surface area contributed by atoms with Crippen molar-refractivity contribution in [1.82, 2.24) is 16.0 Å². The fourth-order valence-electron chi connectivity index (χ4n) is 3.14. The maximum absolute atomic E-state index is 12.7. The van der Waals surface area contributed by atoms with Crippen LogP contribution in [0.2, 0.25) is 0 Å². The molecule has 0 aliphatic rings. The lowest BCUT2D eigenvalue weighted by Gasteiger charge is -2.23. The van der Waals surface area contributed by atoms with E-state index in [1.165, 1.54) is 7.11 Å². The molecule has 5 N–H and O–H groups in total. The molecule has 0 spiro atoms. The summed E-state index contributed by atoms with van der Waals surface area (Å²) in [5.41, 5.74) is 6.40. The molecular weight excluding hydrogens is 396 g/mol. The molecule has 0 heterocycles. The van der Waals surface area contributed by atoms with Crippen LogP contribution in [0.1, 0.15) is 32.8 Å². The summed E-state index contributed by atoms with van der Waals surface area (Å²) in [5, 5.41) is 10.3. The second-order valence-corrected chi connectivity index (χ2v) is 8.48. The molecule has 0 fully saturated rings. The van der Waals surface area contributed by atoms with Crippen molar-refractivity contribution in [3.05, 3.63) is 48.0 Å². The standard InChI is InChI=1S/C23H32N4O4/c1-23(2,3)27-20(28)12-18(24)21(29)26-19(14-31-4)22(30)25-13-16-10-7-9-15-8-5-6-11-17(15)16/h5-11,18-19H,12-14,24H2,1-4H3,(H,25,30)(H,26,29)(H,27,28)/t18-,19-/m0/s1. The van der Waals surface area contributed by atoms with Gasteiger partial charge in [0.05, 0.1) is 19.1 Å². The third-order valence-corrected chi connectivity index (χ3v) is 4.56. The molecule has 2 aromatic carbocycles. The summed E-state index contributed by atoms with van der Waals surface area (Å²) in [4.78, 5) is 37.1. The minimum Gasteiger partial charge on any atom is -0.382 e. The van der Waals surface area contributed by atoms with Gasteiger partial charge in [-0.05, 0) is 37.1 Å². The highest BCUT2D eigenvalue weighted by Gasteiger charge is 2.26. The second kappa shape index (κ2) is 10.9. The highest BCUT2D eigenvalue weighted by molar-refractivity contribution is 5.93. The first-order valence-electron chi connectivity index (χ1n) is 10.2. The number of nitrogens with two attached hydrogens (primary N) is 1. The molecule has 2 atom stereocenters. The number of amides is 3. The second-order valence-electron chi connectivity index (χ2n) is 8.48. The number of nitrogens with one attached hydrogen (secondary N) is 3. The van der Waals surface area contributed by atoms with Gasteiger partial charge in [-0.15, -0.1) is 0 Å². The zero-order valence-electron chi connectivity index (χ0n) is 18.5. The van der Waals surface area contributed by atoms with Crippen LogP contribution in [0.3, 0.4) is 0 Å². The Morgan fingerprint density at radius 2 is 1.71 bits per heavy atom. The Morgan fingerprint density at radius 3 is 2.39 bits per heavy atom. The average Bonchev–Trinajstić information content (AvgIpc) is 2.70. The Morgan fingerprint density at radius 1 is 1.03 bits per heavy atom. The quantitative estimate of drug-likeness (QED) is 0.478. The van der Waals surface area contributed by atoms with Crippen LogP contribution >= 0.6 is 0 Å². The molecule has 0 radical (unpaired) electrons. The van der Waals surface area contributed by atoms with Crippen molar-refractivity contribution in [2.75, 3.05) is 13.7 Å². The summed E-state index contributed by atoms with van der Waals surface area (Å²) in [5.74, 6) is -1.32. The fraction of sp³-hybridized carbons (Fsp3) is 0.435. The summed E-state index contributed by atoms with van der Waals surface area (Å²) < 4.78 is 5.08. The Kier molecular flexibility index (Phi) is 8.53. The maximum atomic E-state index is 12.7. The van der Waals surface area contributed by atoms with Gasteiger partial charge in [0, 0.05) is 19.2 Å². The van der Waals surface area contributed by atoms with E-state index >= 15 is 0 Å². The molecule has 2 rings (SSSR count). The first-order chi connectivity index (χ1) is 14.6. The van der Waals surface area contributed by atoms with Gasteiger partial charge >= 0.3 is 0 Å². The minimum absolute atomic E-state index is 0.0198. The Labute approximate surface area is 182 Å². The molecule has 0 bridgehead atoms. The number of rotatable bonds is 9. The van der Waals surface area contributed by atoms with E-state index in [-0.39, 0.29) is 18.9 Å². The molecule has 0 saturated carbocycles. The predicted molar refractivity (Wildman–Crippen MR) is 120 cm³/mol. The number of carbonyl (C=O) groups excluding carboxylic acids is 3. The number of hydrogen-bond acceptors (Lipinski definition) is 5. The number of hydrogen-bond donors (Lipinski definition) is 4. The van der Waals surface area contributed by atoms with Gasteiger partial charge in [-0.25, -0.2) is 0 Å². The number of methoxy groups -OCH3 is 1. The SMILES string of the molecule is COC[C@H](NC(=O)[C@@H](N)CC(=O)NC(C)(C)C)C(=O)NCc1cccc2ccccc12. The van der Waals surface area contributed by atoms with Crippen molar-refractivity contribution in [2.24, 2.45) is 5.73 Å². The van der Waals surface area contributed by atoms with Gasteiger partial charge < -0.3 is 26.4 Å². The lowest BCUT2D eigenvalue weighted by Crippen LogP contribution is -2.54. The summed E-state index contributed by atoms with van der Waals surface area (Å²) in [6.07, 6.45) is -0.180.